The molecular weight excluding hydrogens is 244 g/mol. The van der Waals surface area contributed by atoms with Crippen molar-refractivity contribution in [1.82, 2.24) is 15.0 Å². The first-order chi connectivity index (χ1) is 8.40. The lowest BCUT2D eigenvalue weighted by molar-refractivity contribution is 0.568. The fourth-order valence-corrected chi connectivity index (χ4v) is 2.24. The standard InChI is InChI=1S/C13H18N4S/c1-8-7-18-12(15-8)11-16-9(13(2,3)4)6-10(14-5)17-11/h6-7H,1-5H3,(H,14,16,17). The second kappa shape index (κ2) is 4.65. The maximum atomic E-state index is 4.63. The molecule has 2 rings (SSSR count). The van der Waals surface area contributed by atoms with Crippen LogP contribution in [0.5, 0.6) is 0 Å². The Balaban J connectivity index is 2.54. The molecule has 18 heavy (non-hydrogen) atoms. The maximum absolute atomic E-state index is 4.63. The predicted octanol–water partition coefficient (Wildman–Crippen LogP) is 3.25. The molecule has 96 valence electrons. The molecule has 5 heteroatoms. The third-order valence-corrected chi connectivity index (χ3v) is 3.52. The van der Waals surface area contributed by atoms with Gasteiger partial charge in [0.2, 0.25) is 0 Å². The molecule has 0 bridgehead atoms. The highest BCUT2D eigenvalue weighted by atomic mass is 32.1. The SMILES string of the molecule is CNc1cc(C(C)(C)C)nc(-c2nc(C)cs2)n1. The zero-order chi connectivity index (χ0) is 13.3. The van der Waals surface area contributed by atoms with Gasteiger partial charge in [-0.15, -0.1) is 11.3 Å². The summed E-state index contributed by atoms with van der Waals surface area (Å²) in [5, 5.41) is 5.97. The van der Waals surface area contributed by atoms with Gasteiger partial charge < -0.3 is 5.32 Å². The molecule has 0 aliphatic heterocycles. The molecule has 0 saturated heterocycles. The van der Waals surface area contributed by atoms with Crippen LogP contribution in [-0.2, 0) is 5.41 Å². The zero-order valence-electron chi connectivity index (χ0n) is 11.4. The summed E-state index contributed by atoms with van der Waals surface area (Å²) in [5.41, 5.74) is 2.02. The fourth-order valence-electron chi connectivity index (χ4n) is 1.51. The van der Waals surface area contributed by atoms with Crippen LogP contribution in [-0.4, -0.2) is 22.0 Å². The molecule has 0 radical (unpaired) electrons. The van der Waals surface area contributed by atoms with Crippen molar-refractivity contribution in [2.75, 3.05) is 12.4 Å². The summed E-state index contributed by atoms with van der Waals surface area (Å²) >= 11 is 1.58. The summed E-state index contributed by atoms with van der Waals surface area (Å²) < 4.78 is 0. The maximum Gasteiger partial charge on any atom is 0.190 e. The third kappa shape index (κ3) is 2.67. The first-order valence-electron chi connectivity index (χ1n) is 5.90. The molecule has 0 unspecified atom stereocenters. The molecule has 2 aromatic heterocycles. The van der Waals surface area contributed by atoms with Gasteiger partial charge in [-0.25, -0.2) is 15.0 Å². The molecule has 0 aromatic carbocycles. The lowest BCUT2D eigenvalue weighted by Gasteiger charge is -2.18. The van der Waals surface area contributed by atoms with E-state index in [1.54, 1.807) is 11.3 Å². The van der Waals surface area contributed by atoms with E-state index in [0.29, 0.717) is 5.82 Å². The molecule has 0 saturated carbocycles. The molecule has 1 N–H and O–H groups in total. The van der Waals surface area contributed by atoms with Gasteiger partial charge in [-0.05, 0) is 6.92 Å². The minimum absolute atomic E-state index is 0.00437. The average Bonchev–Trinajstić information content (AvgIpc) is 2.74. The van der Waals surface area contributed by atoms with Crippen LogP contribution in [0.4, 0.5) is 5.82 Å². The van der Waals surface area contributed by atoms with Crippen LogP contribution in [0.2, 0.25) is 0 Å². The molecular formula is C13H18N4S. The number of rotatable bonds is 2. The minimum Gasteiger partial charge on any atom is -0.373 e. The van der Waals surface area contributed by atoms with E-state index in [1.165, 1.54) is 0 Å². The van der Waals surface area contributed by atoms with Crippen LogP contribution in [0.15, 0.2) is 11.4 Å². The highest BCUT2D eigenvalue weighted by Crippen LogP contribution is 2.27. The smallest absolute Gasteiger partial charge is 0.190 e. The molecule has 0 atom stereocenters. The molecule has 0 spiro atoms. The summed E-state index contributed by atoms with van der Waals surface area (Å²) in [7, 11) is 1.87. The summed E-state index contributed by atoms with van der Waals surface area (Å²) in [6, 6.07) is 1.99. The Hall–Kier alpha value is -1.49. The van der Waals surface area contributed by atoms with Gasteiger partial charge in [-0.1, -0.05) is 20.8 Å². The number of thiazole rings is 1. The minimum atomic E-state index is -0.00437. The third-order valence-electron chi connectivity index (χ3n) is 2.56. The summed E-state index contributed by atoms with van der Waals surface area (Å²) in [6.45, 7) is 8.41. The van der Waals surface area contributed by atoms with Gasteiger partial charge in [-0.2, -0.15) is 0 Å². The molecule has 0 aliphatic carbocycles. The normalized spacial score (nSPS) is 11.6. The lowest BCUT2D eigenvalue weighted by atomic mass is 9.92. The Bertz CT molecular complexity index is 554. The van der Waals surface area contributed by atoms with E-state index in [-0.39, 0.29) is 5.41 Å². The van der Waals surface area contributed by atoms with Gasteiger partial charge in [0.05, 0.1) is 5.69 Å². The van der Waals surface area contributed by atoms with Gasteiger partial charge in [0.15, 0.2) is 10.8 Å². The van der Waals surface area contributed by atoms with Crippen molar-refractivity contribution in [2.45, 2.75) is 33.1 Å². The Kier molecular flexibility index (Phi) is 3.34. The van der Waals surface area contributed by atoms with E-state index < -0.39 is 0 Å². The van der Waals surface area contributed by atoms with Crippen LogP contribution >= 0.6 is 11.3 Å². The zero-order valence-corrected chi connectivity index (χ0v) is 12.2. The number of aromatic nitrogens is 3. The van der Waals surface area contributed by atoms with E-state index in [9.17, 15) is 0 Å². The number of aryl methyl sites for hydroxylation is 1. The summed E-state index contributed by atoms with van der Waals surface area (Å²) in [6.07, 6.45) is 0. The number of hydrogen-bond donors (Lipinski definition) is 1. The first-order valence-corrected chi connectivity index (χ1v) is 6.78. The van der Waals surface area contributed by atoms with Gasteiger partial charge in [0.25, 0.3) is 0 Å². The highest BCUT2D eigenvalue weighted by molar-refractivity contribution is 7.13. The van der Waals surface area contributed by atoms with Gasteiger partial charge in [0.1, 0.15) is 5.82 Å². The molecule has 0 amide bonds. The molecule has 0 aliphatic rings. The van der Waals surface area contributed by atoms with E-state index in [1.807, 2.05) is 25.4 Å². The van der Waals surface area contributed by atoms with Crippen LogP contribution in [0, 0.1) is 6.92 Å². The largest absolute Gasteiger partial charge is 0.373 e. The molecule has 0 fully saturated rings. The van der Waals surface area contributed by atoms with E-state index in [4.69, 9.17) is 0 Å². The van der Waals surface area contributed by atoms with Crippen molar-refractivity contribution in [3.8, 4) is 10.8 Å². The summed E-state index contributed by atoms with van der Waals surface area (Å²) in [4.78, 5) is 13.6. The van der Waals surface area contributed by atoms with Gasteiger partial charge in [-0.3, -0.25) is 0 Å². The first kappa shape index (κ1) is 13.0. The monoisotopic (exact) mass is 262 g/mol. The van der Waals surface area contributed by atoms with Crippen molar-refractivity contribution in [1.29, 1.82) is 0 Å². The van der Waals surface area contributed by atoms with Crippen LogP contribution < -0.4 is 5.32 Å². The molecule has 2 heterocycles. The van der Waals surface area contributed by atoms with E-state index >= 15 is 0 Å². The van der Waals surface area contributed by atoms with Crippen molar-refractivity contribution < 1.29 is 0 Å². The molecule has 2 aromatic rings. The lowest BCUT2D eigenvalue weighted by Crippen LogP contribution is -2.15. The quantitative estimate of drug-likeness (QED) is 0.902. The Morgan fingerprint density at radius 2 is 1.89 bits per heavy atom. The summed E-state index contributed by atoms with van der Waals surface area (Å²) in [5.74, 6) is 1.53. The van der Waals surface area contributed by atoms with Crippen molar-refractivity contribution >= 4 is 17.2 Å². The van der Waals surface area contributed by atoms with Gasteiger partial charge in [0, 0.05) is 29.6 Å². The van der Waals surface area contributed by atoms with Crippen LogP contribution in [0.3, 0.4) is 0 Å². The molecule has 4 nitrogen and oxygen atoms in total. The highest BCUT2D eigenvalue weighted by Gasteiger charge is 2.19. The number of hydrogen-bond acceptors (Lipinski definition) is 5. The average molecular weight is 262 g/mol. The van der Waals surface area contributed by atoms with E-state index in [0.717, 1.165) is 22.2 Å². The Morgan fingerprint density at radius 3 is 2.39 bits per heavy atom. The second-order valence-corrected chi connectivity index (χ2v) is 6.11. The number of nitrogens with one attached hydrogen (secondary N) is 1. The van der Waals surface area contributed by atoms with E-state index in [2.05, 4.69) is 41.0 Å². The predicted molar refractivity (Wildman–Crippen MR) is 76.1 cm³/mol. The fraction of sp³-hybridized carbons (Fsp3) is 0.462. The Morgan fingerprint density at radius 1 is 1.17 bits per heavy atom. The van der Waals surface area contributed by atoms with Crippen LogP contribution in [0.25, 0.3) is 10.8 Å². The van der Waals surface area contributed by atoms with Crippen molar-refractivity contribution in [3.05, 3.63) is 22.8 Å². The number of nitrogens with zero attached hydrogens (tertiary/aromatic N) is 3. The second-order valence-electron chi connectivity index (χ2n) is 5.26. The van der Waals surface area contributed by atoms with Gasteiger partial charge >= 0.3 is 0 Å². The van der Waals surface area contributed by atoms with Crippen molar-refractivity contribution in [3.63, 3.8) is 0 Å². The number of anilines is 1. The van der Waals surface area contributed by atoms with Crippen LogP contribution in [0.1, 0.15) is 32.2 Å². The topological polar surface area (TPSA) is 50.7 Å². The Labute approximate surface area is 112 Å². The van der Waals surface area contributed by atoms with Crippen molar-refractivity contribution in [2.24, 2.45) is 0 Å².